The van der Waals surface area contributed by atoms with Gasteiger partial charge in [0.1, 0.15) is 5.00 Å². The van der Waals surface area contributed by atoms with Crippen LogP contribution in [0.3, 0.4) is 0 Å². The summed E-state index contributed by atoms with van der Waals surface area (Å²) in [5.74, 6) is -1.61. The molecule has 0 radical (unpaired) electrons. The van der Waals surface area contributed by atoms with Gasteiger partial charge in [-0.05, 0) is 43.5 Å². The van der Waals surface area contributed by atoms with Gasteiger partial charge < -0.3 is 19.5 Å². The fourth-order valence-electron chi connectivity index (χ4n) is 2.84. The molecule has 1 amide bonds. The Hall–Kier alpha value is -2.71. The number of ether oxygens (including phenoxy) is 3. The molecular weight excluding hydrogens is 394 g/mol. The molecule has 0 saturated carbocycles. The Kier molecular flexibility index (Phi) is 8.35. The van der Waals surface area contributed by atoms with Crippen molar-refractivity contribution < 1.29 is 28.6 Å². The Labute approximate surface area is 174 Å². The van der Waals surface area contributed by atoms with E-state index in [4.69, 9.17) is 14.2 Å². The molecule has 1 aromatic carbocycles. The van der Waals surface area contributed by atoms with Crippen molar-refractivity contribution in [3.63, 3.8) is 0 Å². The first-order valence-electron chi connectivity index (χ1n) is 9.25. The average molecular weight is 419 g/mol. The highest BCUT2D eigenvalue weighted by molar-refractivity contribution is 7.16. The monoisotopic (exact) mass is 419 g/mol. The second-order valence-electron chi connectivity index (χ2n) is 6.17. The molecule has 2 rings (SSSR count). The molecule has 0 aliphatic carbocycles. The van der Waals surface area contributed by atoms with Gasteiger partial charge in [0.2, 0.25) is 0 Å². The lowest BCUT2D eigenvalue weighted by atomic mass is 10.1. The van der Waals surface area contributed by atoms with Crippen LogP contribution in [0.4, 0.5) is 5.00 Å². The van der Waals surface area contributed by atoms with Crippen LogP contribution in [-0.2, 0) is 32.0 Å². The van der Waals surface area contributed by atoms with Crippen LogP contribution in [-0.4, -0.2) is 38.2 Å². The van der Waals surface area contributed by atoms with E-state index in [0.717, 1.165) is 16.0 Å². The van der Waals surface area contributed by atoms with Crippen molar-refractivity contribution in [1.82, 2.24) is 0 Å². The summed E-state index contributed by atoms with van der Waals surface area (Å²) in [4.78, 5) is 37.8. The Bertz CT molecular complexity index is 889. The number of amides is 1. The van der Waals surface area contributed by atoms with Gasteiger partial charge in [0.25, 0.3) is 5.91 Å². The Morgan fingerprint density at radius 2 is 1.86 bits per heavy atom. The number of methoxy groups -OCH3 is 1. The minimum atomic E-state index is -0.611. The lowest BCUT2D eigenvalue weighted by Gasteiger charge is -2.09. The number of hydrogen-bond donors (Lipinski definition) is 1. The lowest BCUT2D eigenvalue weighted by molar-refractivity contribution is -0.119. The molecular formula is C21H25NO6S. The maximum atomic E-state index is 12.3. The van der Waals surface area contributed by atoms with E-state index in [2.05, 4.69) is 5.32 Å². The average Bonchev–Trinajstić information content (AvgIpc) is 3.01. The van der Waals surface area contributed by atoms with E-state index in [0.29, 0.717) is 29.2 Å². The predicted molar refractivity (Wildman–Crippen MR) is 110 cm³/mol. The normalized spacial score (nSPS) is 10.5. The first kappa shape index (κ1) is 22.6. The molecule has 0 aliphatic heterocycles. The van der Waals surface area contributed by atoms with Gasteiger partial charge in [-0.1, -0.05) is 19.1 Å². The van der Waals surface area contributed by atoms with Gasteiger partial charge in [-0.25, -0.2) is 9.59 Å². The first-order chi connectivity index (χ1) is 13.9. The highest BCUT2D eigenvalue weighted by Crippen LogP contribution is 2.34. The zero-order valence-electron chi connectivity index (χ0n) is 17.0. The van der Waals surface area contributed by atoms with Crippen molar-refractivity contribution >= 4 is 34.2 Å². The molecule has 1 N–H and O–H groups in total. The quantitative estimate of drug-likeness (QED) is 0.623. The molecule has 8 heteroatoms. The molecule has 2 aromatic rings. The molecule has 0 bridgehead atoms. The van der Waals surface area contributed by atoms with E-state index in [1.54, 1.807) is 32.2 Å². The summed E-state index contributed by atoms with van der Waals surface area (Å²) >= 11 is 1.30. The molecule has 0 unspecified atom stereocenters. The van der Waals surface area contributed by atoms with E-state index in [9.17, 15) is 14.4 Å². The van der Waals surface area contributed by atoms with Crippen LogP contribution in [0.25, 0.3) is 0 Å². The van der Waals surface area contributed by atoms with Crippen LogP contribution in [0.5, 0.6) is 0 Å². The van der Waals surface area contributed by atoms with E-state index in [1.165, 1.54) is 11.3 Å². The van der Waals surface area contributed by atoms with Crippen LogP contribution in [0.2, 0.25) is 0 Å². The number of nitrogens with one attached hydrogen (secondary N) is 1. The summed E-state index contributed by atoms with van der Waals surface area (Å²) in [6, 6.07) is 6.80. The van der Waals surface area contributed by atoms with Crippen molar-refractivity contribution in [2.75, 3.05) is 25.6 Å². The third-order valence-corrected chi connectivity index (χ3v) is 5.17. The number of esters is 2. The molecule has 0 fully saturated rings. The maximum absolute atomic E-state index is 12.3. The summed E-state index contributed by atoms with van der Waals surface area (Å²) in [5, 5.41) is 3.07. The van der Waals surface area contributed by atoms with E-state index < -0.39 is 24.5 Å². The fourth-order valence-corrected chi connectivity index (χ4v) is 3.99. The zero-order chi connectivity index (χ0) is 21.4. The minimum absolute atomic E-state index is 0.240. The van der Waals surface area contributed by atoms with Crippen LogP contribution in [0.15, 0.2) is 24.3 Å². The number of carbonyl (C=O) groups is 3. The van der Waals surface area contributed by atoms with Crippen molar-refractivity contribution in [2.24, 2.45) is 0 Å². The van der Waals surface area contributed by atoms with Crippen LogP contribution < -0.4 is 5.32 Å². The van der Waals surface area contributed by atoms with Gasteiger partial charge in [0, 0.05) is 12.0 Å². The number of aryl methyl sites for hydroxylation is 1. The number of anilines is 1. The zero-order valence-corrected chi connectivity index (χ0v) is 17.8. The van der Waals surface area contributed by atoms with Crippen LogP contribution >= 0.6 is 11.3 Å². The molecule has 29 heavy (non-hydrogen) atoms. The van der Waals surface area contributed by atoms with Crippen molar-refractivity contribution in [3.8, 4) is 0 Å². The van der Waals surface area contributed by atoms with Gasteiger partial charge in [-0.3, -0.25) is 4.79 Å². The summed E-state index contributed by atoms with van der Waals surface area (Å²) in [5.41, 5.74) is 2.37. The maximum Gasteiger partial charge on any atom is 0.341 e. The summed E-state index contributed by atoms with van der Waals surface area (Å²) in [6.07, 6.45) is 0.638. The minimum Gasteiger partial charge on any atom is -0.462 e. The Morgan fingerprint density at radius 1 is 1.10 bits per heavy atom. The number of rotatable bonds is 9. The second-order valence-corrected chi connectivity index (χ2v) is 7.40. The topological polar surface area (TPSA) is 90.9 Å². The Morgan fingerprint density at radius 3 is 2.52 bits per heavy atom. The number of carbonyl (C=O) groups excluding carboxylic acids is 3. The van der Waals surface area contributed by atoms with E-state index >= 15 is 0 Å². The third-order valence-electron chi connectivity index (χ3n) is 4.10. The SMILES string of the molecule is CCOC(=O)c1c(NC(=O)COC(=O)c2cccc(COC)c2)sc(C)c1CC. The summed E-state index contributed by atoms with van der Waals surface area (Å²) in [6.45, 7) is 5.69. The smallest absolute Gasteiger partial charge is 0.341 e. The second kappa shape index (κ2) is 10.7. The molecule has 1 aromatic heterocycles. The van der Waals surface area contributed by atoms with Crippen LogP contribution in [0.1, 0.15) is 50.6 Å². The van der Waals surface area contributed by atoms with Gasteiger partial charge in [0.15, 0.2) is 6.61 Å². The number of benzene rings is 1. The van der Waals surface area contributed by atoms with Crippen molar-refractivity contribution in [3.05, 3.63) is 51.4 Å². The van der Waals surface area contributed by atoms with Crippen LogP contribution in [0, 0.1) is 6.92 Å². The molecule has 0 aliphatic rings. The molecule has 0 atom stereocenters. The molecule has 7 nitrogen and oxygen atoms in total. The van der Waals surface area contributed by atoms with Gasteiger partial charge in [0.05, 0.1) is 24.3 Å². The highest BCUT2D eigenvalue weighted by Gasteiger charge is 2.23. The predicted octanol–water partition coefficient (Wildman–Crippen LogP) is 3.74. The van der Waals surface area contributed by atoms with E-state index in [1.807, 2.05) is 19.9 Å². The number of hydrogen-bond acceptors (Lipinski definition) is 7. The molecule has 0 spiro atoms. The van der Waals surface area contributed by atoms with Gasteiger partial charge >= 0.3 is 11.9 Å². The standard InChI is InChI=1S/C21H25NO6S/c1-5-16-13(3)29-19(18(16)21(25)27-6-2)22-17(23)12-28-20(24)15-9-7-8-14(10-15)11-26-4/h7-10H,5-6,11-12H2,1-4H3,(H,22,23). The Balaban J connectivity index is 2.05. The first-order valence-corrected chi connectivity index (χ1v) is 10.1. The summed E-state index contributed by atoms with van der Waals surface area (Å²) < 4.78 is 15.3. The van der Waals surface area contributed by atoms with Crippen molar-refractivity contribution in [1.29, 1.82) is 0 Å². The number of thiophene rings is 1. The highest BCUT2D eigenvalue weighted by atomic mass is 32.1. The van der Waals surface area contributed by atoms with E-state index in [-0.39, 0.29) is 6.61 Å². The third kappa shape index (κ3) is 5.88. The molecule has 1 heterocycles. The molecule has 0 saturated heterocycles. The summed E-state index contributed by atoms with van der Waals surface area (Å²) in [7, 11) is 1.57. The fraction of sp³-hybridized carbons (Fsp3) is 0.381. The van der Waals surface area contributed by atoms with Gasteiger partial charge in [-0.15, -0.1) is 11.3 Å². The molecule has 156 valence electrons. The van der Waals surface area contributed by atoms with Gasteiger partial charge in [-0.2, -0.15) is 0 Å². The van der Waals surface area contributed by atoms with Crippen molar-refractivity contribution in [2.45, 2.75) is 33.8 Å². The lowest BCUT2D eigenvalue weighted by Crippen LogP contribution is -2.22. The largest absolute Gasteiger partial charge is 0.462 e.